The molecule has 2 rings (SSSR count). The highest BCUT2D eigenvalue weighted by atomic mass is 16.5. The Morgan fingerprint density at radius 3 is 2.04 bits per heavy atom. The molecule has 0 radical (unpaired) electrons. The van der Waals surface area contributed by atoms with Gasteiger partial charge in [0.25, 0.3) is 0 Å². The van der Waals surface area contributed by atoms with Gasteiger partial charge in [0.05, 0.1) is 18.1 Å². The van der Waals surface area contributed by atoms with E-state index in [1.807, 2.05) is 6.08 Å². The van der Waals surface area contributed by atoms with Crippen molar-refractivity contribution in [1.82, 2.24) is 5.32 Å². The Balaban J connectivity index is 1.55. The number of hydrogen-bond donors (Lipinski definition) is 2. The zero-order chi connectivity index (χ0) is 17.4. The van der Waals surface area contributed by atoms with Crippen LogP contribution < -0.4 is 5.32 Å². The van der Waals surface area contributed by atoms with Gasteiger partial charge in [-0.2, -0.15) is 0 Å². The molecule has 0 unspecified atom stereocenters. The third-order valence-corrected chi connectivity index (χ3v) is 5.07. The maximum absolute atomic E-state index is 12.3. The summed E-state index contributed by atoms with van der Waals surface area (Å²) in [6.45, 7) is 2.85. The van der Waals surface area contributed by atoms with Crippen LogP contribution in [0, 0.1) is 11.8 Å². The Morgan fingerprint density at radius 2 is 1.46 bits per heavy atom. The van der Waals surface area contributed by atoms with Crippen LogP contribution in [0.5, 0.6) is 0 Å². The van der Waals surface area contributed by atoms with Crippen LogP contribution in [0.15, 0.2) is 12.2 Å². The molecule has 0 aromatic carbocycles. The summed E-state index contributed by atoms with van der Waals surface area (Å²) in [6, 6.07) is 0. The van der Waals surface area contributed by atoms with Crippen LogP contribution in [0.3, 0.4) is 0 Å². The number of hydrogen-bond acceptors (Lipinski definition) is 3. The van der Waals surface area contributed by atoms with Gasteiger partial charge in [0.1, 0.15) is 5.92 Å². The smallest absolute Gasteiger partial charge is 0.310 e. The molecule has 24 heavy (non-hydrogen) atoms. The number of carbonyl (C=O) groups excluding carboxylic acids is 1. The summed E-state index contributed by atoms with van der Waals surface area (Å²) in [5.41, 5.74) is 0. The third-order valence-electron chi connectivity index (χ3n) is 5.07. The minimum absolute atomic E-state index is 0.182. The first-order valence-corrected chi connectivity index (χ1v) is 9.49. The molecule has 0 aromatic heterocycles. The lowest BCUT2D eigenvalue weighted by atomic mass is 9.82. The second-order valence-electron chi connectivity index (χ2n) is 6.96. The SMILES string of the molecule is CCCCCCCCCCCNC(=O)[C@@H]1[C@H](C(=O)O)[C@H]2C=C[C@H]1O2. The van der Waals surface area contributed by atoms with Crippen molar-refractivity contribution in [3.63, 3.8) is 0 Å². The van der Waals surface area contributed by atoms with Crippen molar-refractivity contribution < 1.29 is 19.4 Å². The van der Waals surface area contributed by atoms with Crippen molar-refractivity contribution >= 4 is 11.9 Å². The van der Waals surface area contributed by atoms with E-state index in [4.69, 9.17) is 4.74 Å². The lowest BCUT2D eigenvalue weighted by molar-refractivity contribution is -0.146. The molecule has 2 N–H and O–H groups in total. The van der Waals surface area contributed by atoms with Crippen molar-refractivity contribution in [3.8, 4) is 0 Å². The fraction of sp³-hybridized carbons (Fsp3) is 0.789. The van der Waals surface area contributed by atoms with E-state index in [0.29, 0.717) is 6.54 Å². The molecule has 0 aromatic rings. The van der Waals surface area contributed by atoms with E-state index < -0.39 is 23.9 Å². The summed E-state index contributed by atoms with van der Waals surface area (Å²) in [6.07, 6.45) is 13.9. The number of aliphatic carboxylic acids is 1. The highest BCUT2D eigenvalue weighted by molar-refractivity contribution is 5.87. The molecular weight excluding hydrogens is 306 g/mol. The molecular formula is C19H31NO4. The zero-order valence-electron chi connectivity index (χ0n) is 14.7. The summed E-state index contributed by atoms with van der Waals surface area (Å²) in [5, 5.41) is 12.2. The number of carbonyl (C=O) groups is 2. The third kappa shape index (κ3) is 5.07. The molecule has 136 valence electrons. The van der Waals surface area contributed by atoms with Gasteiger partial charge in [0.15, 0.2) is 0 Å². The Hall–Kier alpha value is -1.36. The number of rotatable bonds is 12. The van der Waals surface area contributed by atoms with Crippen molar-refractivity contribution in [1.29, 1.82) is 0 Å². The molecule has 0 aliphatic carbocycles. The fourth-order valence-corrected chi connectivity index (χ4v) is 3.68. The molecule has 5 nitrogen and oxygen atoms in total. The summed E-state index contributed by atoms with van der Waals surface area (Å²) < 4.78 is 5.53. The molecule has 1 saturated heterocycles. The van der Waals surface area contributed by atoms with Gasteiger partial charge in [-0.25, -0.2) is 0 Å². The number of ether oxygens (including phenoxy) is 1. The van der Waals surface area contributed by atoms with Crippen LogP contribution in [0.2, 0.25) is 0 Å². The van der Waals surface area contributed by atoms with E-state index in [-0.39, 0.29) is 12.0 Å². The fourth-order valence-electron chi connectivity index (χ4n) is 3.68. The van der Waals surface area contributed by atoms with Gasteiger partial charge in [-0.05, 0) is 6.42 Å². The van der Waals surface area contributed by atoms with Gasteiger partial charge < -0.3 is 15.2 Å². The molecule has 0 saturated carbocycles. The monoisotopic (exact) mass is 337 g/mol. The van der Waals surface area contributed by atoms with Crippen LogP contribution in [-0.2, 0) is 14.3 Å². The topological polar surface area (TPSA) is 75.6 Å². The van der Waals surface area contributed by atoms with Gasteiger partial charge in [-0.1, -0.05) is 70.4 Å². The molecule has 2 aliphatic heterocycles. The van der Waals surface area contributed by atoms with Crippen molar-refractivity contribution in [2.45, 2.75) is 76.9 Å². The Morgan fingerprint density at radius 1 is 0.917 bits per heavy atom. The molecule has 1 amide bonds. The van der Waals surface area contributed by atoms with E-state index >= 15 is 0 Å². The summed E-state index contributed by atoms with van der Waals surface area (Å²) in [5.74, 6) is -2.46. The summed E-state index contributed by atoms with van der Waals surface area (Å²) in [7, 11) is 0. The van der Waals surface area contributed by atoms with E-state index in [0.717, 1.165) is 12.8 Å². The second kappa shape index (κ2) is 9.82. The Labute approximate surface area is 144 Å². The first-order chi connectivity index (χ1) is 11.6. The quantitative estimate of drug-likeness (QED) is 0.423. The Kier molecular flexibility index (Phi) is 7.76. The Bertz CT molecular complexity index is 449. The van der Waals surface area contributed by atoms with E-state index in [2.05, 4.69) is 12.2 Å². The standard InChI is InChI=1S/C19H31NO4/c1-2-3-4-5-6-7-8-9-10-13-20-18(21)16-14-11-12-15(24-14)17(16)19(22)23/h11-12,14-17H,2-10,13H2,1H3,(H,20,21)(H,22,23)/t14-,15-,16+,17-/m1/s1. The first-order valence-electron chi connectivity index (χ1n) is 9.49. The lowest BCUT2D eigenvalue weighted by Crippen LogP contribution is -2.42. The highest BCUT2D eigenvalue weighted by Gasteiger charge is 2.53. The van der Waals surface area contributed by atoms with E-state index in [1.165, 1.54) is 44.9 Å². The molecule has 1 fully saturated rings. The van der Waals surface area contributed by atoms with Crippen LogP contribution >= 0.6 is 0 Å². The maximum atomic E-state index is 12.3. The summed E-state index contributed by atoms with van der Waals surface area (Å²) in [4.78, 5) is 23.7. The molecule has 4 atom stereocenters. The predicted octanol–water partition coefficient (Wildman–Crippen LogP) is 3.29. The van der Waals surface area contributed by atoms with Gasteiger partial charge in [0.2, 0.25) is 5.91 Å². The molecule has 2 heterocycles. The van der Waals surface area contributed by atoms with Gasteiger partial charge in [0, 0.05) is 6.54 Å². The largest absolute Gasteiger partial charge is 0.481 e. The minimum Gasteiger partial charge on any atom is -0.481 e. The average molecular weight is 337 g/mol. The van der Waals surface area contributed by atoms with Crippen molar-refractivity contribution in [2.24, 2.45) is 11.8 Å². The molecule has 5 heteroatoms. The number of unbranched alkanes of at least 4 members (excludes halogenated alkanes) is 8. The van der Waals surface area contributed by atoms with Crippen molar-refractivity contribution in [2.75, 3.05) is 6.54 Å². The van der Waals surface area contributed by atoms with Gasteiger partial charge in [-0.15, -0.1) is 0 Å². The van der Waals surface area contributed by atoms with Gasteiger partial charge >= 0.3 is 5.97 Å². The van der Waals surface area contributed by atoms with E-state index in [1.54, 1.807) is 6.08 Å². The van der Waals surface area contributed by atoms with E-state index in [9.17, 15) is 14.7 Å². The van der Waals surface area contributed by atoms with Crippen LogP contribution in [0.25, 0.3) is 0 Å². The molecule has 2 aliphatic rings. The van der Waals surface area contributed by atoms with Crippen LogP contribution in [-0.4, -0.2) is 35.7 Å². The number of carboxylic acids is 1. The number of nitrogens with one attached hydrogen (secondary N) is 1. The lowest BCUT2D eigenvalue weighted by Gasteiger charge is -2.20. The number of fused-ring (bicyclic) bond motifs is 2. The normalized spacial score (nSPS) is 27.5. The zero-order valence-corrected chi connectivity index (χ0v) is 14.7. The first kappa shape index (κ1) is 19.0. The van der Waals surface area contributed by atoms with Crippen LogP contribution in [0.4, 0.5) is 0 Å². The van der Waals surface area contributed by atoms with Crippen molar-refractivity contribution in [3.05, 3.63) is 12.2 Å². The summed E-state index contributed by atoms with van der Waals surface area (Å²) >= 11 is 0. The molecule has 2 bridgehead atoms. The predicted molar refractivity (Wildman–Crippen MR) is 92.7 cm³/mol. The van der Waals surface area contributed by atoms with Crippen LogP contribution in [0.1, 0.15) is 64.7 Å². The average Bonchev–Trinajstić information content (AvgIpc) is 3.17. The minimum atomic E-state index is -0.949. The number of carboxylic acid groups (broad SMARTS) is 1. The highest BCUT2D eigenvalue weighted by Crippen LogP contribution is 2.39. The van der Waals surface area contributed by atoms with Gasteiger partial charge in [-0.3, -0.25) is 9.59 Å². The number of amides is 1. The molecule has 0 spiro atoms. The second-order valence-corrected chi connectivity index (χ2v) is 6.96. The maximum Gasteiger partial charge on any atom is 0.310 e.